The first-order chi connectivity index (χ1) is 12.9. The predicted molar refractivity (Wildman–Crippen MR) is 96.6 cm³/mol. The van der Waals surface area contributed by atoms with E-state index in [0.717, 1.165) is 6.07 Å². The zero-order valence-electron chi connectivity index (χ0n) is 15.5. The number of carbonyl (C=O) groups is 2. The lowest BCUT2D eigenvalue weighted by molar-refractivity contribution is -0.163. The third kappa shape index (κ3) is 4.40. The van der Waals surface area contributed by atoms with Crippen molar-refractivity contribution in [1.82, 2.24) is 0 Å². The number of aliphatic imine (C=N–C) groups is 1. The van der Waals surface area contributed by atoms with Crippen molar-refractivity contribution in [3.63, 3.8) is 0 Å². The minimum Gasteiger partial charge on any atom is -0.464 e. The smallest absolute Gasteiger partial charge is 0.345 e. The highest BCUT2D eigenvalue weighted by Crippen LogP contribution is 2.36. The van der Waals surface area contributed by atoms with Crippen LogP contribution < -0.4 is 0 Å². The molecule has 0 amide bonds. The van der Waals surface area contributed by atoms with Crippen LogP contribution in [0.25, 0.3) is 0 Å². The molecular weight excluding hydrogens is 356 g/mol. The first-order valence-electron chi connectivity index (χ1n) is 8.87. The van der Waals surface area contributed by atoms with E-state index in [1.165, 1.54) is 12.1 Å². The van der Waals surface area contributed by atoms with Crippen LogP contribution in [0.2, 0.25) is 0 Å². The Morgan fingerprint density at radius 3 is 2.22 bits per heavy atom. The van der Waals surface area contributed by atoms with Crippen LogP contribution >= 0.6 is 0 Å². The number of hydrogen-bond acceptors (Lipinski definition) is 5. The second kappa shape index (κ2) is 8.88. The highest BCUT2D eigenvalue weighted by molar-refractivity contribution is 6.10. The maximum absolute atomic E-state index is 13.7. The van der Waals surface area contributed by atoms with E-state index in [2.05, 4.69) is 11.6 Å². The average molecular weight is 379 g/mol. The molecule has 1 aliphatic heterocycles. The van der Waals surface area contributed by atoms with E-state index in [4.69, 9.17) is 9.47 Å². The summed E-state index contributed by atoms with van der Waals surface area (Å²) < 4.78 is 37.4. The number of ether oxygens (including phenoxy) is 2. The number of hydrogen-bond donors (Lipinski definition) is 0. The van der Waals surface area contributed by atoms with E-state index in [1.807, 2.05) is 0 Å². The molecular formula is C20H23F2NO4. The molecule has 1 unspecified atom stereocenters. The Labute approximate surface area is 157 Å². The van der Waals surface area contributed by atoms with Gasteiger partial charge in [0, 0.05) is 17.7 Å². The van der Waals surface area contributed by atoms with Crippen LogP contribution in [0.15, 0.2) is 35.8 Å². The molecule has 0 aliphatic carbocycles. The minimum absolute atomic E-state index is 0.0887. The van der Waals surface area contributed by atoms with Gasteiger partial charge in [0.05, 0.1) is 13.2 Å². The van der Waals surface area contributed by atoms with Crippen LogP contribution in [0, 0.1) is 11.6 Å². The molecule has 7 heteroatoms. The molecule has 5 nitrogen and oxygen atoms in total. The fourth-order valence-electron chi connectivity index (χ4n) is 3.21. The van der Waals surface area contributed by atoms with Gasteiger partial charge in [-0.1, -0.05) is 6.08 Å². The van der Waals surface area contributed by atoms with E-state index in [0.29, 0.717) is 24.1 Å². The Morgan fingerprint density at radius 1 is 1.19 bits per heavy atom. The second-order valence-electron chi connectivity index (χ2n) is 6.18. The fraction of sp³-hybridized carbons (Fsp3) is 0.450. The molecule has 1 aliphatic rings. The van der Waals surface area contributed by atoms with Gasteiger partial charge in [0.2, 0.25) is 0 Å². The van der Waals surface area contributed by atoms with E-state index in [9.17, 15) is 18.4 Å². The van der Waals surface area contributed by atoms with Crippen molar-refractivity contribution in [2.45, 2.75) is 44.6 Å². The summed E-state index contributed by atoms with van der Waals surface area (Å²) in [6, 6.07) is 3.22. The predicted octanol–water partition coefficient (Wildman–Crippen LogP) is 3.72. The molecule has 0 saturated heterocycles. The summed E-state index contributed by atoms with van der Waals surface area (Å²) in [5, 5.41) is 0. The topological polar surface area (TPSA) is 65.0 Å². The fourth-order valence-corrected chi connectivity index (χ4v) is 3.21. The van der Waals surface area contributed by atoms with Gasteiger partial charge in [-0.2, -0.15) is 0 Å². The third-order valence-corrected chi connectivity index (χ3v) is 4.40. The van der Waals surface area contributed by atoms with Crippen molar-refractivity contribution in [1.29, 1.82) is 0 Å². The molecule has 0 saturated carbocycles. The Kier molecular flexibility index (Phi) is 6.82. The van der Waals surface area contributed by atoms with Crippen LogP contribution in [-0.2, 0) is 19.1 Å². The molecule has 1 aromatic rings. The van der Waals surface area contributed by atoms with Crippen molar-refractivity contribution in [2.24, 2.45) is 4.99 Å². The van der Waals surface area contributed by atoms with Crippen LogP contribution in [0.3, 0.4) is 0 Å². The van der Waals surface area contributed by atoms with Crippen molar-refractivity contribution in [3.8, 4) is 0 Å². The first kappa shape index (κ1) is 20.7. The number of halogens is 2. The van der Waals surface area contributed by atoms with E-state index < -0.39 is 35.0 Å². The molecule has 146 valence electrons. The van der Waals surface area contributed by atoms with Gasteiger partial charge in [-0.15, -0.1) is 6.58 Å². The van der Waals surface area contributed by atoms with Crippen LogP contribution in [-0.4, -0.2) is 36.4 Å². The van der Waals surface area contributed by atoms with Gasteiger partial charge < -0.3 is 9.47 Å². The van der Waals surface area contributed by atoms with E-state index >= 15 is 0 Å². The standard InChI is InChI=1S/C20H23F2NO4/c1-4-7-16(13-10-14(21)12-15(22)11-13)17-8-9-20(23-17,18(24)26-5-2)19(25)27-6-3/h4,10-12,16H,1,5-9H2,2-3H3. The van der Waals surface area contributed by atoms with Crippen molar-refractivity contribution < 1.29 is 27.8 Å². The van der Waals surface area contributed by atoms with Crippen molar-refractivity contribution in [3.05, 3.63) is 48.1 Å². The lowest BCUT2D eigenvalue weighted by atomic mass is 9.88. The molecule has 0 spiro atoms. The molecule has 1 atom stereocenters. The lowest BCUT2D eigenvalue weighted by Crippen LogP contribution is -2.45. The van der Waals surface area contributed by atoms with E-state index in [1.54, 1.807) is 19.9 Å². The van der Waals surface area contributed by atoms with Crippen molar-refractivity contribution in [2.75, 3.05) is 13.2 Å². The van der Waals surface area contributed by atoms with Gasteiger partial charge >= 0.3 is 11.9 Å². The molecule has 1 aromatic carbocycles. The van der Waals surface area contributed by atoms with Gasteiger partial charge in [-0.05, 0) is 50.8 Å². The number of carbonyl (C=O) groups excluding carboxylic acids is 2. The first-order valence-corrected chi connectivity index (χ1v) is 8.87. The number of allylic oxidation sites excluding steroid dienone is 1. The molecule has 0 bridgehead atoms. The van der Waals surface area contributed by atoms with Gasteiger partial charge in [-0.3, -0.25) is 4.99 Å². The highest BCUT2D eigenvalue weighted by atomic mass is 19.1. The van der Waals surface area contributed by atoms with Crippen molar-refractivity contribution >= 4 is 17.7 Å². The maximum Gasteiger partial charge on any atom is 0.345 e. The number of rotatable bonds is 8. The summed E-state index contributed by atoms with van der Waals surface area (Å²) in [7, 11) is 0. The highest BCUT2D eigenvalue weighted by Gasteiger charge is 2.52. The van der Waals surface area contributed by atoms with Crippen LogP contribution in [0.5, 0.6) is 0 Å². The molecule has 1 heterocycles. The summed E-state index contributed by atoms with van der Waals surface area (Å²) >= 11 is 0. The zero-order valence-corrected chi connectivity index (χ0v) is 15.5. The van der Waals surface area contributed by atoms with Gasteiger partial charge in [-0.25, -0.2) is 18.4 Å². The third-order valence-electron chi connectivity index (χ3n) is 4.40. The summed E-state index contributed by atoms with van der Waals surface area (Å²) in [5.41, 5.74) is -0.914. The average Bonchev–Trinajstić information content (AvgIpc) is 3.05. The lowest BCUT2D eigenvalue weighted by Gasteiger charge is -2.21. The summed E-state index contributed by atoms with van der Waals surface area (Å²) in [5.74, 6) is -3.47. The molecule has 0 radical (unpaired) electrons. The number of nitrogens with zero attached hydrogens (tertiary/aromatic N) is 1. The summed E-state index contributed by atoms with van der Waals surface area (Å²) in [6.07, 6.45) is 2.34. The monoisotopic (exact) mass is 379 g/mol. The largest absolute Gasteiger partial charge is 0.464 e. The minimum atomic E-state index is -1.77. The summed E-state index contributed by atoms with van der Waals surface area (Å²) in [4.78, 5) is 29.4. The second-order valence-corrected chi connectivity index (χ2v) is 6.18. The Hall–Kier alpha value is -2.57. The Morgan fingerprint density at radius 2 is 1.74 bits per heavy atom. The molecule has 2 rings (SSSR count). The van der Waals surface area contributed by atoms with E-state index in [-0.39, 0.29) is 19.6 Å². The molecule has 0 N–H and O–H groups in total. The normalized spacial score (nSPS) is 16.4. The Bertz CT molecular complexity index is 722. The van der Waals surface area contributed by atoms with Crippen LogP contribution in [0.1, 0.15) is 44.6 Å². The molecule has 27 heavy (non-hydrogen) atoms. The zero-order chi connectivity index (χ0) is 20.0. The SMILES string of the molecule is C=CCC(C1=NC(C(=O)OCC)(C(=O)OCC)CC1)c1cc(F)cc(F)c1. The summed E-state index contributed by atoms with van der Waals surface area (Å²) in [6.45, 7) is 7.13. The van der Waals surface area contributed by atoms with Crippen LogP contribution in [0.4, 0.5) is 8.78 Å². The molecule has 0 fully saturated rings. The maximum atomic E-state index is 13.7. The molecule has 0 aromatic heterocycles. The number of benzene rings is 1. The number of esters is 2. The van der Waals surface area contributed by atoms with Gasteiger partial charge in [0.1, 0.15) is 11.6 Å². The van der Waals surface area contributed by atoms with Gasteiger partial charge in [0.25, 0.3) is 5.54 Å². The quantitative estimate of drug-likeness (QED) is 0.392. The Balaban J connectivity index is 2.48. The van der Waals surface area contributed by atoms with Gasteiger partial charge in [0.15, 0.2) is 0 Å².